The van der Waals surface area contributed by atoms with Crippen LogP contribution in [0.4, 0.5) is 13.2 Å². The highest BCUT2D eigenvalue weighted by Crippen LogP contribution is 2.27. The van der Waals surface area contributed by atoms with E-state index in [1.807, 2.05) is 30.5 Å². The molecule has 24 heavy (non-hydrogen) atoms. The highest BCUT2D eigenvalue weighted by molar-refractivity contribution is 7.15. The summed E-state index contributed by atoms with van der Waals surface area (Å²) in [5, 5.41) is 0.979. The molecule has 0 aliphatic carbocycles. The van der Waals surface area contributed by atoms with E-state index in [1.165, 1.54) is 16.8 Å². The first kappa shape index (κ1) is 18.7. The van der Waals surface area contributed by atoms with Gasteiger partial charge in [0.25, 0.3) is 0 Å². The van der Waals surface area contributed by atoms with Crippen molar-refractivity contribution >= 4 is 11.3 Å². The van der Waals surface area contributed by atoms with Gasteiger partial charge in [-0.05, 0) is 44.2 Å². The Labute approximate surface area is 144 Å². The number of benzene rings is 1. The molecule has 0 aliphatic heterocycles. The fourth-order valence-electron chi connectivity index (χ4n) is 2.21. The maximum absolute atomic E-state index is 12.2. The summed E-state index contributed by atoms with van der Waals surface area (Å²) in [5.74, 6) is 0.712. The molecule has 132 valence electrons. The average molecular weight is 358 g/mol. The average Bonchev–Trinajstić information content (AvgIpc) is 2.99. The molecule has 2 aromatic rings. The Morgan fingerprint density at radius 3 is 2.50 bits per heavy atom. The summed E-state index contributed by atoms with van der Waals surface area (Å²) >= 11 is 1.67. The summed E-state index contributed by atoms with van der Waals surface area (Å²) in [6.07, 6.45) is -0.747. The minimum atomic E-state index is -4.15. The molecule has 7 heteroatoms. The van der Waals surface area contributed by atoms with Gasteiger partial charge in [0.05, 0.1) is 13.2 Å². The summed E-state index contributed by atoms with van der Waals surface area (Å²) in [6, 6.07) is 7.62. The molecule has 1 heterocycles. The number of thiazole rings is 1. The van der Waals surface area contributed by atoms with Gasteiger partial charge in [-0.2, -0.15) is 13.2 Å². The Hall–Kier alpha value is -1.60. The van der Waals surface area contributed by atoms with Crippen molar-refractivity contribution in [2.45, 2.75) is 25.9 Å². The molecule has 3 nitrogen and oxygen atoms in total. The van der Waals surface area contributed by atoms with E-state index in [0.29, 0.717) is 25.3 Å². The monoisotopic (exact) mass is 358 g/mol. The minimum Gasteiger partial charge on any atom is -0.494 e. The van der Waals surface area contributed by atoms with Gasteiger partial charge < -0.3 is 4.74 Å². The van der Waals surface area contributed by atoms with Crippen molar-refractivity contribution in [1.82, 2.24) is 9.88 Å². The third-order valence-electron chi connectivity index (χ3n) is 3.41. The number of rotatable bonds is 8. The molecule has 0 saturated carbocycles. The van der Waals surface area contributed by atoms with Crippen LogP contribution >= 0.6 is 11.3 Å². The quantitative estimate of drug-likeness (QED) is 0.643. The number of aryl methyl sites for hydroxylation is 1. The zero-order valence-corrected chi connectivity index (χ0v) is 14.6. The predicted octanol–water partition coefficient (Wildman–Crippen LogP) is 4.64. The fourth-order valence-corrected chi connectivity index (χ4v) is 3.07. The van der Waals surface area contributed by atoms with Crippen molar-refractivity contribution in [3.05, 3.63) is 35.3 Å². The van der Waals surface area contributed by atoms with Crippen LogP contribution < -0.4 is 4.74 Å². The van der Waals surface area contributed by atoms with E-state index in [-0.39, 0.29) is 0 Å². The zero-order valence-electron chi connectivity index (χ0n) is 13.8. The number of hydrogen-bond acceptors (Lipinski definition) is 4. The Morgan fingerprint density at radius 1 is 1.21 bits per heavy atom. The number of nitrogens with zero attached hydrogens (tertiary/aromatic N) is 2. The summed E-state index contributed by atoms with van der Waals surface area (Å²) < 4.78 is 42.2. The highest BCUT2D eigenvalue weighted by Gasteiger charge is 2.28. The molecule has 0 spiro atoms. The Kier molecular flexibility index (Phi) is 6.62. The first-order valence-electron chi connectivity index (χ1n) is 7.80. The Morgan fingerprint density at radius 2 is 1.92 bits per heavy atom. The van der Waals surface area contributed by atoms with Crippen molar-refractivity contribution in [3.63, 3.8) is 0 Å². The molecule has 0 unspecified atom stereocenters. The Bertz CT molecular complexity index is 626. The van der Waals surface area contributed by atoms with E-state index in [9.17, 15) is 13.2 Å². The van der Waals surface area contributed by atoms with E-state index in [2.05, 4.69) is 11.9 Å². The number of aromatic nitrogens is 1. The van der Waals surface area contributed by atoms with E-state index in [0.717, 1.165) is 17.0 Å². The van der Waals surface area contributed by atoms with Crippen LogP contribution in [0.25, 0.3) is 10.6 Å². The van der Waals surface area contributed by atoms with Gasteiger partial charge in [0.1, 0.15) is 10.8 Å². The lowest BCUT2D eigenvalue weighted by atomic mass is 10.2. The number of ether oxygens (including phenoxy) is 1. The van der Waals surface area contributed by atoms with E-state index < -0.39 is 12.7 Å². The molecule has 1 aromatic carbocycles. The molecule has 0 N–H and O–H groups in total. The second-order valence-electron chi connectivity index (χ2n) is 5.56. The maximum Gasteiger partial charge on any atom is 0.401 e. The van der Waals surface area contributed by atoms with Gasteiger partial charge >= 0.3 is 6.18 Å². The molecular formula is C17H21F3N2OS. The maximum atomic E-state index is 12.2. The van der Waals surface area contributed by atoms with E-state index in [4.69, 9.17) is 4.74 Å². The van der Waals surface area contributed by atoms with Crippen molar-refractivity contribution in [1.29, 1.82) is 0 Å². The number of alkyl halides is 3. The topological polar surface area (TPSA) is 25.4 Å². The van der Waals surface area contributed by atoms with Gasteiger partial charge in [-0.25, -0.2) is 4.98 Å². The van der Waals surface area contributed by atoms with Crippen LogP contribution in [-0.4, -0.2) is 42.8 Å². The summed E-state index contributed by atoms with van der Waals surface area (Å²) in [4.78, 5) is 6.89. The van der Waals surface area contributed by atoms with Crippen molar-refractivity contribution in [2.24, 2.45) is 0 Å². The third kappa shape index (κ3) is 6.13. The van der Waals surface area contributed by atoms with Crippen molar-refractivity contribution < 1.29 is 17.9 Å². The number of halogens is 3. The largest absolute Gasteiger partial charge is 0.494 e. The summed E-state index contributed by atoms with van der Waals surface area (Å²) in [5.41, 5.74) is 1.04. The molecule has 0 saturated heterocycles. The van der Waals surface area contributed by atoms with E-state index >= 15 is 0 Å². The fraction of sp³-hybridized carbons (Fsp3) is 0.471. The second-order valence-corrected chi connectivity index (χ2v) is 6.68. The smallest absolute Gasteiger partial charge is 0.401 e. The molecule has 0 fully saturated rings. The summed E-state index contributed by atoms with van der Waals surface area (Å²) in [6.45, 7) is 1.94. The lowest BCUT2D eigenvalue weighted by Gasteiger charge is -2.18. The Balaban J connectivity index is 1.76. The van der Waals surface area contributed by atoms with Gasteiger partial charge in [0.15, 0.2) is 0 Å². The van der Waals surface area contributed by atoms with Gasteiger partial charge in [0, 0.05) is 23.2 Å². The molecule has 0 aliphatic rings. The molecule has 1 aromatic heterocycles. The van der Waals surface area contributed by atoms with Crippen LogP contribution in [0, 0.1) is 0 Å². The lowest BCUT2D eigenvalue weighted by molar-refractivity contribution is -0.143. The molecule has 2 rings (SSSR count). The first-order chi connectivity index (χ1) is 11.4. The van der Waals surface area contributed by atoms with Gasteiger partial charge in [-0.1, -0.05) is 6.92 Å². The third-order valence-corrected chi connectivity index (χ3v) is 4.60. The SMILES string of the molecule is CCc1cnc(-c2ccc(OCCCN(C)CC(F)(F)F)cc2)s1. The van der Waals surface area contributed by atoms with Crippen LogP contribution in [0.15, 0.2) is 30.5 Å². The lowest BCUT2D eigenvalue weighted by Crippen LogP contribution is -2.32. The second kappa shape index (κ2) is 8.48. The molecule has 0 radical (unpaired) electrons. The zero-order chi connectivity index (χ0) is 17.6. The van der Waals surface area contributed by atoms with Crippen LogP contribution in [0.5, 0.6) is 5.75 Å². The minimum absolute atomic E-state index is 0.344. The molecule has 0 amide bonds. The molecular weight excluding hydrogens is 337 g/mol. The van der Waals surface area contributed by atoms with Gasteiger partial charge in [0.2, 0.25) is 0 Å². The van der Waals surface area contributed by atoms with Crippen molar-refractivity contribution in [3.8, 4) is 16.3 Å². The standard InChI is InChI=1S/C17H21F3N2OS/c1-3-15-11-21-16(24-15)13-5-7-14(8-6-13)23-10-4-9-22(2)12-17(18,19)20/h5-8,11H,3-4,9-10,12H2,1-2H3. The van der Waals surface area contributed by atoms with E-state index in [1.54, 1.807) is 11.3 Å². The normalized spacial score (nSPS) is 11.9. The van der Waals surface area contributed by atoms with Gasteiger partial charge in [-0.3, -0.25) is 4.90 Å². The number of hydrogen-bond donors (Lipinski definition) is 0. The highest BCUT2D eigenvalue weighted by atomic mass is 32.1. The van der Waals surface area contributed by atoms with Crippen LogP contribution in [-0.2, 0) is 6.42 Å². The van der Waals surface area contributed by atoms with Crippen molar-refractivity contribution in [2.75, 3.05) is 26.7 Å². The first-order valence-corrected chi connectivity index (χ1v) is 8.62. The van der Waals surface area contributed by atoms with Crippen LogP contribution in [0.3, 0.4) is 0 Å². The molecule has 0 bridgehead atoms. The van der Waals surface area contributed by atoms with Crippen LogP contribution in [0.2, 0.25) is 0 Å². The van der Waals surface area contributed by atoms with Crippen LogP contribution in [0.1, 0.15) is 18.2 Å². The predicted molar refractivity (Wildman–Crippen MR) is 90.6 cm³/mol. The molecule has 0 atom stereocenters. The van der Waals surface area contributed by atoms with Gasteiger partial charge in [-0.15, -0.1) is 11.3 Å². The summed E-state index contributed by atoms with van der Waals surface area (Å²) in [7, 11) is 1.46.